The number of hydrogen-bond donors (Lipinski definition) is 0. The molecule has 0 amide bonds. The first-order chi connectivity index (χ1) is 8.79. The number of carbonyl (C=O) groups excluding carboxylic acids is 1. The first-order valence-electron chi connectivity index (χ1n) is 7.59. The summed E-state index contributed by atoms with van der Waals surface area (Å²) >= 11 is 0. The molecular formula is C16H28O2. The third-order valence-corrected chi connectivity index (χ3v) is 3.49. The van der Waals surface area contributed by atoms with Crippen LogP contribution >= 0.6 is 0 Å². The number of ether oxygens (including phenoxy) is 1. The van der Waals surface area contributed by atoms with E-state index in [0.29, 0.717) is 18.9 Å². The number of cyclic esters (lactones) is 1. The fourth-order valence-corrected chi connectivity index (χ4v) is 2.24. The Balaban J connectivity index is 2.29. The van der Waals surface area contributed by atoms with Crippen molar-refractivity contribution in [2.45, 2.75) is 71.1 Å². The zero-order chi connectivity index (χ0) is 13.1. The summed E-state index contributed by atoms with van der Waals surface area (Å²) in [6.45, 7) is 2.71. The first kappa shape index (κ1) is 15.3. The van der Waals surface area contributed by atoms with Crippen molar-refractivity contribution >= 4 is 5.97 Å². The molecule has 1 unspecified atom stereocenters. The van der Waals surface area contributed by atoms with E-state index in [1.807, 2.05) is 0 Å². The summed E-state index contributed by atoms with van der Waals surface area (Å²) in [4.78, 5) is 11.5. The summed E-state index contributed by atoms with van der Waals surface area (Å²) in [6, 6.07) is 0. The third kappa shape index (κ3) is 8.32. The van der Waals surface area contributed by atoms with Crippen LogP contribution in [0.5, 0.6) is 0 Å². The Morgan fingerprint density at radius 3 is 2.44 bits per heavy atom. The molecule has 18 heavy (non-hydrogen) atoms. The van der Waals surface area contributed by atoms with Gasteiger partial charge in [0.05, 0.1) is 6.61 Å². The maximum Gasteiger partial charge on any atom is 0.305 e. The number of hydrogen-bond acceptors (Lipinski definition) is 2. The highest BCUT2D eigenvalue weighted by Gasteiger charge is 2.06. The van der Waals surface area contributed by atoms with Gasteiger partial charge < -0.3 is 4.74 Å². The Labute approximate surface area is 112 Å². The van der Waals surface area contributed by atoms with Crippen LogP contribution in [0.1, 0.15) is 71.1 Å². The van der Waals surface area contributed by atoms with Crippen molar-refractivity contribution in [2.75, 3.05) is 6.61 Å². The van der Waals surface area contributed by atoms with Crippen LogP contribution in [0, 0.1) is 5.92 Å². The van der Waals surface area contributed by atoms with E-state index in [1.54, 1.807) is 0 Å². The van der Waals surface area contributed by atoms with Gasteiger partial charge in [0.2, 0.25) is 0 Å². The zero-order valence-electron chi connectivity index (χ0n) is 11.8. The Bertz CT molecular complexity index is 245. The monoisotopic (exact) mass is 252 g/mol. The second kappa shape index (κ2) is 10.2. The highest BCUT2D eigenvalue weighted by Crippen LogP contribution is 2.12. The summed E-state index contributed by atoms with van der Waals surface area (Å²) in [5.74, 6) is 0.427. The maximum absolute atomic E-state index is 11.5. The molecule has 0 saturated carbocycles. The lowest BCUT2D eigenvalue weighted by molar-refractivity contribution is -0.145. The van der Waals surface area contributed by atoms with Crippen LogP contribution in [0.15, 0.2) is 12.2 Å². The predicted molar refractivity (Wildman–Crippen MR) is 75.4 cm³/mol. The number of carbonyl (C=O) groups is 1. The van der Waals surface area contributed by atoms with Gasteiger partial charge in [-0.25, -0.2) is 0 Å². The molecule has 0 aliphatic carbocycles. The number of esters is 1. The quantitative estimate of drug-likeness (QED) is 0.464. The lowest BCUT2D eigenvalue weighted by Crippen LogP contribution is -2.11. The third-order valence-electron chi connectivity index (χ3n) is 3.49. The molecule has 1 atom stereocenters. The molecule has 1 heterocycles. The molecule has 1 rings (SSSR count). The van der Waals surface area contributed by atoms with Crippen LogP contribution in [0.3, 0.4) is 0 Å². The normalized spacial score (nSPS) is 27.4. The fourth-order valence-electron chi connectivity index (χ4n) is 2.24. The second-order valence-corrected chi connectivity index (χ2v) is 5.51. The van der Waals surface area contributed by atoms with Crippen molar-refractivity contribution in [1.29, 1.82) is 0 Å². The van der Waals surface area contributed by atoms with Crippen LogP contribution < -0.4 is 0 Å². The van der Waals surface area contributed by atoms with Crippen molar-refractivity contribution in [2.24, 2.45) is 5.92 Å². The number of rotatable bonds is 0. The molecule has 0 spiro atoms. The Morgan fingerprint density at radius 2 is 1.67 bits per heavy atom. The average molecular weight is 252 g/mol. The predicted octanol–water partition coefficient (Wildman–Crippen LogP) is 4.64. The van der Waals surface area contributed by atoms with Gasteiger partial charge in [0.25, 0.3) is 0 Å². The highest BCUT2D eigenvalue weighted by atomic mass is 16.5. The van der Waals surface area contributed by atoms with Crippen molar-refractivity contribution in [1.82, 2.24) is 0 Å². The van der Waals surface area contributed by atoms with E-state index >= 15 is 0 Å². The van der Waals surface area contributed by atoms with Gasteiger partial charge in [0.1, 0.15) is 0 Å². The summed E-state index contributed by atoms with van der Waals surface area (Å²) in [7, 11) is 0. The largest absolute Gasteiger partial charge is 0.465 e. The van der Waals surface area contributed by atoms with Crippen LogP contribution in [0.2, 0.25) is 0 Å². The van der Waals surface area contributed by atoms with Gasteiger partial charge in [-0.3, -0.25) is 4.79 Å². The summed E-state index contributed by atoms with van der Waals surface area (Å²) in [5, 5.41) is 0. The van der Waals surface area contributed by atoms with Crippen LogP contribution in [0.25, 0.3) is 0 Å². The molecule has 0 aromatic carbocycles. The Hall–Kier alpha value is -0.790. The fraction of sp³-hybridized carbons (Fsp3) is 0.812. The highest BCUT2D eigenvalue weighted by molar-refractivity contribution is 5.69. The van der Waals surface area contributed by atoms with Crippen molar-refractivity contribution in [3.8, 4) is 0 Å². The molecule has 0 N–H and O–H groups in total. The minimum absolute atomic E-state index is 0.0158. The molecule has 0 saturated heterocycles. The first-order valence-corrected chi connectivity index (χ1v) is 7.59. The Morgan fingerprint density at radius 1 is 1.00 bits per heavy atom. The second-order valence-electron chi connectivity index (χ2n) is 5.51. The van der Waals surface area contributed by atoms with E-state index in [-0.39, 0.29) is 5.97 Å². The molecule has 0 fully saturated rings. The molecule has 2 nitrogen and oxygen atoms in total. The average Bonchev–Trinajstić information content (AvgIpc) is 2.36. The van der Waals surface area contributed by atoms with Gasteiger partial charge in [0.15, 0.2) is 0 Å². The van der Waals surface area contributed by atoms with E-state index in [4.69, 9.17) is 4.74 Å². The molecule has 0 aromatic rings. The molecule has 0 aromatic heterocycles. The summed E-state index contributed by atoms with van der Waals surface area (Å²) in [5.41, 5.74) is 0. The van der Waals surface area contributed by atoms with Crippen LogP contribution in [-0.4, -0.2) is 12.6 Å². The van der Waals surface area contributed by atoms with E-state index in [0.717, 1.165) is 12.8 Å². The smallest absolute Gasteiger partial charge is 0.305 e. The van der Waals surface area contributed by atoms with Crippen molar-refractivity contribution in [3.63, 3.8) is 0 Å². The van der Waals surface area contributed by atoms with Gasteiger partial charge in [-0.1, -0.05) is 51.2 Å². The lowest BCUT2D eigenvalue weighted by Gasteiger charge is -2.10. The lowest BCUT2D eigenvalue weighted by atomic mass is 10.1. The molecule has 104 valence electrons. The van der Waals surface area contributed by atoms with E-state index in [1.165, 1.54) is 44.9 Å². The topological polar surface area (TPSA) is 26.3 Å². The summed E-state index contributed by atoms with van der Waals surface area (Å²) < 4.78 is 5.28. The minimum Gasteiger partial charge on any atom is -0.465 e. The molecule has 1 aliphatic rings. The molecular weight excluding hydrogens is 224 g/mol. The van der Waals surface area contributed by atoms with Crippen molar-refractivity contribution in [3.05, 3.63) is 12.2 Å². The molecule has 2 heteroatoms. The van der Waals surface area contributed by atoms with Crippen LogP contribution in [0.4, 0.5) is 0 Å². The van der Waals surface area contributed by atoms with Gasteiger partial charge in [-0.05, 0) is 31.6 Å². The molecule has 1 aliphatic heterocycles. The van der Waals surface area contributed by atoms with Crippen LogP contribution in [-0.2, 0) is 9.53 Å². The van der Waals surface area contributed by atoms with Gasteiger partial charge in [-0.2, -0.15) is 0 Å². The van der Waals surface area contributed by atoms with E-state index < -0.39 is 0 Å². The Kier molecular flexibility index (Phi) is 8.62. The summed E-state index contributed by atoms with van der Waals surface area (Å²) in [6.07, 6.45) is 16.1. The minimum atomic E-state index is -0.0158. The van der Waals surface area contributed by atoms with Gasteiger partial charge in [0, 0.05) is 6.42 Å². The van der Waals surface area contributed by atoms with Gasteiger partial charge >= 0.3 is 5.97 Å². The zero-order valence-corrected chi connectivity index (χ0v) is 11.8. The molecule has 0 radical (unpaired) electrons. The SMILES string of the molecule is CC1C/C=C\CCCCCCCCCC(=O)OC1. The van der Waals surface area contributed by atoms with E-state index in [9.17, 15) is 4.79 Å². The number of allylic oxidation sites excluding steroid dienone is 2. The molecule has 0 bridgehead atoms. The van der Waals surface area contributed by atoms with Crippen molar-refractivity contribution < 1.29 is 9.53 Å². The maximum atomic E-state index is 11.5. The standard InChI is InChI=1S/C16H28O2/c1-15-12-10-8-6-4-2-3-5-7-9-11-13-16(17)18-14-15/h8,10,15H,2-7,9,11-14H2,1H3/b10-8-. The van der Waals surface area contributed by atoms with E-state index in [2.05, 4.69) is 19.1 Å². The van der Waals surface area contributed by atoms with Gasteiger partial charge in [-0.15, -0.1) is 0 Å².